The molecule has 2 aliphatic heterocycles. The van der Waals surface area contributed by atoms with Crippen LogP contribution in [0.5, 0.6) is 0 Å². The summed E-state index contributed by atoms with van der Waals surface area (Å²) < 4.78 is 0. The number of halogens is 1. The molecule has 0 bridgehead atoms. The summed E-state index contributed by atoms with van der Waals surface area (Å²) in [4.78, 5) is 18.7. The lowest BCUT2D eigenvalue weighted by molar-refractivity contribution is -0.142. The predicted octanol–water partition coefficient (Wildman–Crippen LogP) is 4.42. The first-order chi connectivity index (χ1) is 13.3. The van der Waals surface area contributed by atoms with Crippen LogP contribution in [0, 0.1) is 0 Å². The van der Waals surface area contributed by atoms with Crippen molar-refractivity contribution < 1.29 is 4.79 Å². The zero-order valence-corrected chi connectivity index (χ0v) is 18.8. The largest absolute Gasteiger partial charge is 0.340 e. The maximum Gasteiger partial charge on any atom is 0.233 e. The molecule has 1 amide bonds. The molecule has 5 heteroatoms. The van der Waals surface area contributed by atoms with Gasteiger partial charge in [0.1, 0.15) is 0 Å². The number of hydrogen-bond acceptors (Lipinski definition) is 3. The van der Waals surface area contributed by atoms with Gasteiger partial charge in [-0.05, 0) is 65.5 Å². The Morgan fingerprint density at radius 3 is 2.54 bits per heavy atom. The number of amides is 1. The first-order valence-corrected chi connectivity index (χ1v) is 11.2. The Kier molecular flexibility index (Phi) is 6.73. The lowest BCUT2D eigenvalue weighted by Gasteiger charge is -2.55. The molecule has 4 nitrogen and oxygen atoms in total. The minimum absolute atomic E-state index is 0.0831. The monoisotopic (exact) mass is 405 g/mol. The number of carbonyl (C=O) groups excluding carboxylic acids is 1. The SMILES string of the molecule is CC(C)N(CCC1(c2ccccc2Cl)C(=O)NC(C)N2CCCCC21)C(C)C. The van der Waals surface area contributed by atoms with Gasteiger partial charge in [-0.25, -0.2) is 0 Å². The molecule has 2 fully saturated rings. The van der Waals surface area contributed by atoms with Crippen LogP contribution in [0.2, 0.25) is 5.02 Å². The second-order valence-corrected chi connectivity index (χ2v) is 9.43. The molecule has 1 aromatic carbocycles. The third-order valence-corrected chi connectivity index (χ3v) is 7.13. The van der Waals surface area contributed by atoms with Crippen molar-refractivity contribution in [3.63, 3.8) is 0 Å². The number of fused-ring (bicyclic) bond motifs is 1. The quantitative estimate of drug-likeness (QED) is 0.761. The highest BCUT2D eigenvalue weighted by atomic mass is 35.5. The molecule has 0 aliphatic carbocycles. The van der Waals surface area contributed by atoms with Crippen LogP contribution < -0.4 is 5.32 Å². The summed E-state index contributed by atoms with van der Waals surface area (Å²) in [6, 6.07) is 9.05. The van der Waals surface area contributed by atoms with Gasteiger partial charge in [-0.2, -0.15) is 0 Å². The molecule has 0 saturated carbocycles. The summed E-state index contributed by atoms with van der Waals surface area (Å²) in [6.07, 6.45) is 4.28. The van der Waals surface area contributed by atoms with E-state index in [2.05, 4.69) is 55.8 Å². The van der Waals surface area contributed by atoms with Crippen LogP contribution in [0.3, 0.4) is 0 Å². The average Bonchev–Trinajstić information content (AvgIpc) is 2.65. The van der Waals surface area contributed by atoms with Gasteiger partial charge in [0.05, 0.1) is 11.6 Å². The Bertz CT molecular complexity index is 684. The first kappa shape index (κ1) is 21.6. The Morgan fingerprint density at radius 2 is 1.89 bits per heavy atom. The van der Waals surface area contributed by atoms with Crippen LogP contribution in [0.25, 0.3) is 0 Å². The zero-order valence-electron chi connectivity index (χ0n) is 18.0. The van der Waals surface area contributed by atoms with Crippen LogP contribution in [0.15, 0.2) is 24.3 Å². The highest BCUT2D eigenvalue weighted by Gasteiger charge is 2.55. The van der Waals surface area contributed by atoms with Crippen LogP contribution in [0.1, 0.15) is 65.9 Å². The molecular weight excluding hydrogens is 370 g/mol. The minimum atomic E-state index is -0.604. The van der Waals surface area contributed by atoms with Gasteiger partial charge in [0.25, 0.3) is 0 Å². The highest BCUT2D eigenvalue weighted by Crippen LogP contribution is 2.45. The Labute approximate surface area is 175 Å². The van der Waals surface area contributed by atoms with Gasteiger partial charge in [-0.15, -0.1) is 0 Å². The molecule has 1 aromatic rings. The summed E-state index contributed by atoms with van der Waals surface area (Å²) >= 11 is 6.71. The first-order valence-electron chi connectivity index (χ1n) is 10.9. The van der Waals surface area contributed by atoms with Crippen LogP contribution >= 0.6 is 11.6 Å². The topological polar surface area (TPSA) is 35.6 Å². The third-order valence-electron chi connectivity index (χ3n) is 6.80. The molecule has 1 N–H and O–H groups in total. The second kappa shape index (κ2) is 8.73. The number of nitrogens with one attached hydrogen (secondary N) is 1. The van der Waals surface area contributed by atoms with Gasteiger partial charge in [0.15, 0.2) is 0 Å². The highest BCUT2D eigenvalue weighted by molar-refractivity contribution is 6.31. The van der Waals surface area contributed by atoms with E-state index in [1.807, 2.05) is 18.2 Å². The van der Waals surface area contributed by atoms with E-state index < -0.39 is 5.41 Å². The minimum Gasteiger partial charge on any atom is -0.340 e. The van der Waals surface area contributed by atoms with Crippen LogP contribution in [-0.4, -0.2) is 53.1 Å². The normalized spacial score (nSPS) is 28.7. The number of nitrogens with zero attached hydrogens (tertiary/aromatic N) is 2. The van der Waals surface area contributed by atoms with Crippen molar-refractivity contribution in [3.8, 4) is 0 Å². The van der Waals surface area contributed by atoms with E-state index in [0.717, 1.165) is 31.5 Å². The van der Waals surface area contributed by atoms with Gasteiger partial charge in [-0.1, -0.05) is 36.2 Å². The zero-order chi connectivity index (χ0) is 20.5. The smallest absolute Gasteiger partial charge is 0.233 e. The van der Waals surface area contributed by atoms with E-state index in [-0.39, 0.29) is 18.1 Å². The fourth-order valence-electron chi connectivity index (χ4n) is 5.46. The fourth-order valence-corrected chi connectivity index (χ4v) is 5.76. The number of piperidine rings is 1. The molecule has 2 aliphatic rings. The number of carbonyl (C=O) groups is 1. The van der Waals surface area contributed by atoms with Crippen LogP contribution in [0.4, 0.5) is 0 Å². The summed E-state index contributed by atoms with van der Waals surface area (Å²) in [5, 5.41) is 3.99. The molecule has 0 radical (unpaired) electrons. The average molecular weight is 406 g/mol. The summed E-state index contributed by atoms with van der Waals surface area (Å²) in [6.45, 7) is 13.0. The van der Waals surface area contributed by atoms with Gasteiger partial charge in [-0.3, -0.25) is 14.6 Å². The lowest BCUT2D eigenvalue weighted by Crippen LogP contribution is -2.71. The van der Waals surface area contributed by atoms with E-state index in [9.17, 15) is 4.79 Å². The Morgan fingerprint density at radius 1 is 1.21 bits per heavy atom. The molecule has 3 unspecified atom stereocenters. The van der Waals surface area contributed by atoms with Gasteiger partial charge in [0, 0.05) is 36.2 Å². The number of hydrogen-bond donors (Lipinski definition) is 1. The molecular formula is C23H36ClN3O. The maximum absolute atomic E-state index is 13.7. The van der Waals surface area contributed by atoms with E-state index in [1.165, 1.54) is 12.8 Å². The molecule has 0 aromatic heterocycles. The van der Waals surface area contributed by atoms with Crippen molar-refractivity contribution in [1.29, 1.82) is 0 Å². The van der Waals surface area contributed by atoms with Crippen molar-refractivity contribution in [2.45, 2.75) is 90.0 Å². The molecule has 3 atom stereocenters. The molecule has 28 heavy (non-hydrogen) atoms. The van der Waals surface area contributed by atoms with E-state index in [0.29, 0.717) is 17.1 Å². The maximum atomic E-state index is 13.7. The van der Waals surface area contributed by atoms with Gasteiger partial charge in [0.2, 0.25) is 5.91 Å². The summed E-state index contributed by atoms with van der Waals surface area (Å²) in [5.41, 5.74) is 0.387. The molecule has 3 rings (SSSR count). The summed E-state index contributed by atoms with van der Waals surface area (Å²) in [5.74, 6) is 0.142. The third kappa shape index (κ3) is 3.83. The van der Waals surface area contributed by atoms with Gasteiger partial charge >= 0.3 is 0 Å². The van der Waals surface area contributed by atoms with E-state index >= 15 is 0 Å². The van der Waals surface area contributed by atoms with Crippen molar-refractivity contribution in [3.05, 3.63) is 34.9 Å². The lowest BCUT2D eigenvalue weighted by atomic mass is 9.66. The summed E-state index contributed by atoms with van der Waals surface area (Å²) in [7, 11) is 0. The molecule has 156 valence electrons. The van der Waals surface area contributed by atoms with Crippen molar-refractivity contribution in [1.82, 2.24) is 15.1 Å². The second-order valence-electron chi connectivity index (χ2n) is 9.03. The van der Waals surface area contributed by atoms with Crippen molar-refractivity contribution in [2.75, 3.05) is 13.1 Å². The molecule has 2 saturated heterocycles. The van der Waals surface area contributed by atoms with Crippen molar-refractivity contribution in [2.24, 2.45) is 0 Å². The fraction of sp³-hybridized carbons (Fsp3) is 0.696. The van der Waals surface area contributed by atoms with E-state index in [4.69, 9.17) is 11.6 Å². The number of benzene rings is 1. The predicted molar refractivity (Wildman–Crippen MR) is 117 cm³/mol. The standard InChI is InChI=1S/C23H36ClN3O/c1-16(2)26(17(3)4)15-13-23(19-10-6-7-11-20(19)24)21-12-8-9-14-27(21)18(5)25-22(23)28/h6-7,10-11,16-18,21H,8-9,12-15H2,1-5H3,(H,25,28). The van der Waals surface area contributed by atoms with Gasteiger partial charge < -0.3 is 5.32 Å². The molecule has 0 spiro atoms. The molecule has 2 heterocycles. The van der Waals surface area contributed by atoms with E-state index in [1.54, 1.807) is 0 Å². The number of rotatable bonds is 6. The Balaban J connectivity index is 2.06. The van der Waals surface area contributed by atoms with Crippen molar-refractivity contribution >= 4 is 17.5 Å². The van der Waals surface area contributed by atoms with Crippen LogP contribution in [-0.2, 0) is 10.2 Å². The Hall–Kier alpha value is -1.10.